The summed E-state index contributed by atoms with van der Waals surface area (Å²) in [5, 5.41) is 19.7. The highest BCUT2D eigenvalue weighted by atomic mass is 16.5. The molecule has 1 aromatic carbocycles. The van der Waals surface area contributed by atoms with Crippen LogP contribution in [0.1, 0.15) is 15.9 Å². The second-order valence-corrected chi connectivity index (χ2v) is 3.49. The van der Waals surface area contributed by atoms with Gasteiger partial charge in [0.1, 0.15) is 11.3 Å². The van der Waals surface area contributed by atoms with Crippen molar-refractivity contribution in [1.29, 1.82) is 0 Å². The summed E-state index contributed by atoms with van der Waals surface area (Å²) in [5.41, 5.74) is 0.916. The Hall–Kier alpha value is -2.44. The topological polar surface area (TPSA) is 90.1 Å². The molecule has 0 fully saturated rings. The van der Waals surface area contributed by atoms with Crippen molar-refractivity contribution in [3.8, 4) is 11.8 Å². The van der Waals surface area contributed by atoms with Crippen LogP contribution >= 0.6 is 0 Å². The number of carboxylic acids is 1. The number of ether oxygens (including phenoxy) is 1. The number of hydrogen-bond donors (Lipinski definition) is 1. The number of benzene rings is 1. The minimum absolute atomic E-state index is 0.0769. The Morgan fingerprint density at radius 1 is 1.47 bits per heavy atom. The van der Waals surface area contributed by atoms with Crippen LogP contribution in [-0.4, -0.2) is 31.3 Å². The summed E-state index contributed by atoms with van der Waals surface area (Å²) in [5.74, 6) is -0.847. The Morgan fingerprint density at radius 2 is 2.24 bits per heavy atom. The maximum Gasteiger partial charge on any atom is 0.340 e. The first-order valence-corrected chi connectivity index (χ1v) is 4.82. The lowest BCUT2D eigenvalue weighted by molar-refractivity contribution is 0.0693. The summed E-state index contributed by atoms with van der Waals surface area (Å²) in [6.07, 6.45) is 0. The van der Waals surface area contributed by atoms with Gasteiger partial charge in [-0.1, -0.05) is 16.7 Å². The summed E-state index contributed by atoms with van der Waals surface area (Å²) in [6.45, 7) is 1.81. The molecule has 88 valence electrons. The van der Waals surface area contributed by atoms with E-state index in [2.05, 4.69) is 15.5 Å². The molecular formula is C10H10N4O3. The van der Waals surface area contributed by atoms with Gasteiger partial charge in [-0.05, 0) is 29.5 Å². The van der Waals surface area contributed by atoms with Gasteiger partial charge in [-0.2, -0.15) is 4.68 Å². The second-order valence-electron chi connectivity index (χ2n) is 3.49. The zero-order chi connectivity index (χ0) is 12.4. The van der Waals surface area contributed by atoms with Crippen molar-refractivity contribution >= 4 is 5.97 Å². The van der Waals surface area contributed by atoms with E-state index in [1.807, 2.05) is 0 Å². The highest BCUT2D eigenvalue weighted by molar-refractivity contribution is 5.91. The van der Waals surface area contributed by atoms with Crippen molar-refractivity contribution < 1.29 is 14.6 Å². The number of aromatic carboxylic acids is 1. The molecule has 0 aliphatic carbocycles. The molecule has 1 aromatic heterocycles. The van der Waals surface area contributed by atoms with Crippen LogP contribution in [-0.2, 0) is 7.05 Å². The quantitative estimate of drug-likeness (QED) is 0.852. The molecule has 7 heteroatoms. The molecule has 0 radical (unpaired) electrons. The third kappa shape index (κ3) is 2.22. The Balaban J connectivity index is 2.39. The van der Waals surface area contributed by atoms with Crippen LogP contribution < -0.4 is 4.74 Å². The molecule has 0 atom stereocenters. The van der Waals surface area contributed by atoms with Crippen molar-refractivity contribution in [2.45, 2.75) is 6.92 Å². The molecule has 2 aromatic rings. The van der Waals surface area contributed by atoms with Crippen molar-refractivity contribution in [3.05, 3.63) is 29.3 Å². The van der Waals surface area contributed by atoms with Gasteiger partial charge in [0.15, 0.2) is 0 Å². The van der Waals surface area contributed by atoms with Gasteiger partial charge in [0, 0.05) is 7.05 Å². The minimum atomic E-state index is -1.06. The lowest BCUT2D eigenvalue weighted by atomic mass is 10.1. The van der Waals surface area contributed by atoms with Gasteiger partial charge in [0.25, 0.3) is 0 Å². The lowest BCUT2D eigenvalue weighted by Crippen LogP contribution is -2.03. The first-order valence-electron chi connectivity index (χ1n) is 4.82. The van der Waals surface area contributed by atoms with Crippen molar-refractivity contribution in [2.24, 2.45) is 7.05 Å². The van der Waals surface area contributed by atoms with Gasteiger partial charge in [-0.25, -0.2) is 4.79 Å². The maximum absolute atomic E-state index is 11.0. The number of hydrogen-bond acceptors (Lipinski definition) is 5. The van der Waals surface area contributed by atoms with Crippen LogP contribution in [0, 0.1) is 6.92 Å². The SMILES string of the molecule is Cc1ccc(Oc2nnnn2C)c(C(=O)O)c1. The molecule has 0 bridgehead atoms. The molecule has 0 saturated carbocycles. The second kappa shape index (κ2) is 4.20. The van der Waals surface area contributed by atoms with Gasteiger partial charge in [-0.15, -0.1) is 0 Å². The predicted molar refractivity (Wildman–Crippen MR) is 57.0 cm³/mol. The van der Waals surface area contributed by atoms with Crippen LogP contribution in [0.25, 0.3) is 0 Å². The first-order chi connectivity index (χ1) is 8.08. The average Bonchev–Trinajstić information content (AvgIpc) is 2.67. The monoisotopic (exact) mass is 234 g/mol. The fraction of sp³-hybridized carbons (Fsp3) is 0.200. The zero-order valence-electron chi connectivity index (χ0n) is 9.28. The van der Waals surface area contributed by atoms with E-state index in [0.717, 1.165) is 5.56 Å². The van der Waals surface area contributed by atoms with Crippen molar-refractivity contribution in [1.82, 2.24) is 20.2 Å². The normalized spacial score (nSPS) is 10.2. The van der Waals surface area contributed by atoms with E-state index in [4.69, 9.17) is 9.84 Å². The molecule has 0 saturated heterocycles. The van der Waals surface area contributed by atoms with E-state index in [-0.39, 0.29) is 17.3 Å². The summed E-state index contributed by atoms with van der Waals surface area (Å²) in [6, 6.07) is 5.00. The molecule has 1 heterocycles. The Kier molecular flexibility index (Phi) is 2.73. The van der Waals surface area contributed by atoms with Crippen molar-refractivity contribution in [3.63, 3.8) is 0 Å². The fourth-order valence-electron chi connectivity index (χ4n) is 1.31. The Bertz CT molecular complexity index is 564. The summed E-state index contributed by atoms with van der Waals surface area (Å²) in [7, 11) is 1.60. The molecule has 0 unspecified atom stereocenters. The van der Waals surface area contributed by atoms with Crippen LogP contribution in [0.3, 0.4) is 0 Å². The van der Waals surface area contributed by atoms with Crippen LogP contribution in [0.15, 0.2) is 18.2 Å². The molecule has 0 aliphatic rings. The molecule has 2 rings (SSSR count). The average molecular weight is 234 g/mol. The number of nitrogens with zero attached hydrogens (tertiary/aromatic N) is 4. The summed E-state index contributed by atoms with van der Waals surface area (Å²) >= 11 is 0. The van der Waals surface area contributed by atoms with E-state index in [1.165, 1.54) is 10.7 Å². The number of aromatic nitrogens is 4. The van der Waals surface area contributed by atoms with E-state index < -0.39 is 5.97 Å². The summed E-state index contributed by atoms with van der Waals surface area (Å²) in [4.78, 5) is 11.0. The molecule has 0 amide bonds. The molecule has 1 N–H and O–H groups in total. The number of carbonyl (C=O) groups is 1. The third-order valence-corrected chi connectivity index (χ3v) is 2.15. The van der Waals surface area contributed by atoms with Gasteiger partial charge < -0.3 is 9.84 Å². The predicted octanol–water partition coefficient (Wildman–Crippen LogP) is 1.01. The molecule has 0 aliphatic heterocycles. The molecular weight excluding hydrogens is 224 g/mol. The van der Waals surface area contributed by atoms with Crippen LogP contribution in [0.2, 0.25) is 0 Å². The van der Waals surface area contributed by atoms with Crippen LogP contribution in [0.5, 0.6) is 11.8 Å². The standard InChI is InChI=1S/C10H10N4O3/c1-6-3-4-8(7(5-6)9(15)16)17-10-11-12-13-14(10)2/h3-5H,1-2H3,(H,15,16). The fourth-order valence-corrected chi connectivity index (χ4v) is 1.31. The number of rotatable bonds is 3. The van der Waals surface area contributed by atoms with E-state index >= 15 is 0 Å². The maximum atomic E-state index is 11.0. The highest BCUT2D eigenvalue weighted by Gasteiger charge is 2.14. The Morgan fingerprint density at radius 3 is 2.82 bits per heavy atom. The van der Waals surface area contributed by atoms with Crippen LogP contribution in [0.4, 0.5) is 0 Å². The highest BCUT2D eigenvalue weighted by Crippen LogP contribution is 2.24. The molecule has 17 heavy (non-hydrogen) atoms. The van der Waals surface area contributed by atoms with E-state index in [9.17, 15) is 4.79 Å². The van der Waals surface area contributed by atoms with E-state index in [0.29, 0.717) is 0 Å². The lowest BCUT2D eigenvalue weighted by Gasteiger charge is -2.07. The minimum Gasteiger partial charge on any atom is -0.478 e. The number of carboxylic acid groups (broad SMARTS) is 1. The van der Waals surface area contributed by atoms with E-state index in [1.54, 1.807) is 26.1 Å². The smallest absolute Gasteiger partial charge is 0.340 e. The van der Waals surface area contributed by atoms with Gasteiger partial charge in [0.05, 0.1) is 0 Å². The van der Waals surface area contributed by atoms with Gasteiger partial charge >= 0.3 is 12.0 Å². The van der Waals surface area contributed by atoms with Gasteiger partial charge in [-0.3, -0.25) is 0 Å². The molecule has 0 spiro atoms. The molecule has 7 nitrogen and oxygen atoms in total. The number of tetrazole rings is 1. The largest absolute Gasteiger partial charge is 0.478 e. The first kappa shape index (κ1) is 11.1. The number of aryl methyl sites for hydroxylation is 2. The van der Waals surface area contributed by atoms with Crippen molar-refractivity contribution in [2.75, 3.05) is 0 Å². The Labute approximate surface area is 96.6 Å². The third-order valence-electron chi connectivity index (χ3n) is 2.15. The summed E-state index contributed by atoms with van der Waals surface area (Å²) < 4.78 is 6.65. The zero-order valence-corrected chi connectivity index (χ0v) is 9.28. The van der Waals surface area contributed by atoms with Gasteiger partial charge in [0.2, 0.25) is 0 Å².